The van der Waals surface area contributed by atoms with Crippen molar-refractivity contribution in [3.63, 3.8) is 0 Å². The number of Topliss-reactive ketones (excluding diaryl/α,β-unsaturated/α-hetero) is 2. The van der Waals surface area contributed by atoms with E-state index in [9.17, 15) is 32.5 Å². The van der Waals surface area contributed by atoms with Gasteiger partial charge in [-0.3, -0.25) is 19.8 Å². The van der Waals surface area contributed by atoms with Gasteiger partial charge in [0.15, 0.2) is 23.2 Å². The Balaban J connectivity index is 0.000000133. The fourth-order valence-corrected chi connectivity index (χ4v) is 10.1. The summed E-state index contributed by atoms with van der Waals surface area (Å²) in [7, 11) is -3.89. The Kier molecular flexibility index (Phi) is 16.9. The molecule has 4 aromatic heterocycles. The van der Waals surface area contributed by atoms with Crippen molar-refractivity contribution in [1.29, 1.82) is 5.53 Å². The second kappa shape index (κ2) is 24.5. The first-order valence-corrected chi connectivity index (χ1v) is 26.9. The van der Waals surface area contributed by atoms with Gasteiger partial charge in [0.1, 0.15) is 51.6 Å². The van der Waals surface area contributed by atoms with E-state index in [1.54, 1.807) is 71.6 Å². The fraction of sp³-hybridized carbons (Fsp3) is 0.333. The van der Waals surface area contributed by atoms with Crippen LogP contribution >= 0.6 is 7.75 Å². The molecule has 77 heavy (non-hydrogen) atoms. The fourth-order valence-electron chi connectivity index (χ4n) is 9.09. The number of nitrogens with one attached hydrogen (secondary N) is 3. The number of benzene rings is 2. The summed E-state index contributed by atoms with van der Waals surface area (Å²) in [4.78, 5) is 76.5. The van der Waals surface area contributed by atoms with Crippen LogP contribution in [0.1, 0.15) is 95.7 Å². The Bertz CT molecular complexity index is 3130. The van der Waals surface area contributed by atoms with Crippen molar-refractivity contribution >= 4 is 60.1 Å². The third kappa shape index (κ3) is 14.5. The average Bonchev–Trinajstić information content (AvgIpc) is 4.43. The number of rotatable bonds is 15. The number of carboxylic acids is 1. The van der Waals surface area contributed by atoms with Gasteiger partial charge in [-0.1, -0.05) is 62.1 Å². The van der Waals surface area contributed by atoms with Gasteiger partial charge < -0.3 is 29.3 Å². The maximum atomic E-state index is 13.1. The number of fused-ring (bicyclic) bond motifs is 8. The molecule has 6 aromatic rings. The number of ketones is 2. The standard InChI is InChI=1S/C21H22FN5O2.C15H19N3O.C12H11N3O3P.C6H4FNO2/c22-14-4-8-19(23-11-14)25-21(29)27-15-9-10-26(12-15)17-6-5-16(24-20(17)27)18(28)7-3-13-1-2-13;19-14(6-3-10-1-2-10)12-4-5-13-15(17-12)16-11-7-8-18(13)9-11;13-14-15-19(16,17-11-7-3-1-4-8-11)18-12-9-5-2-6-10-12;7-4-1-2-5(6(9)10)8-3-4/h4-6,8,11,13,15H,1-3,7,9-10,12H2,(H,23,25,29);4-5,10-11H,1-3,6-9H2,(H,16,17);1-10,13H;1-3H,(H,9,10)/q;;+1;/t15-;11-;;/m00../s1. The third-order valence-corrected chi connectivity index (χ3v) is 14.6. The van der Waals surface area contributed by atoms with Crippen LogP contribution in [0.25, 0.3) is 0 Å². The number of urea groups is 1. The zero-order valence-electron chi connectivity index (χ0n) is 41.8. The molecule has 2 aromatic carbocycles. The van der Waals surface area contributed by atoms with Crippen molar-refractivity contribution in [1.82, 2.24) is 24.8 Å². The number of carboxylic acid groups (broad SMARTS) is 1. The average molecular weight is 1070 g/mol. The van der Waals surface area contributed by atoms with Gasteiger partial charge in [0, 0.05) is 45.1 Å². The van der Waals surface area contributed by atoms with Gasteiger partial charge in [-0.05, 0) is 110 Å². The molecule has 398 valence electrons. The summed E-state index contributed by atoms with van der Waals surface area (Å²) in [5.74, 6) is 1.90. The lowest BCUT2D eigenvalue weighted by molar-refractivity contribution is 0.0689. The number of pyridine rings is 4. The number of hydrogen-bond donors (Lipinski definition) is 4. The van der Waals surface area contributed by atoms with Crippen LogP contribution in [-0.2, 0) is 4.57 Å². The number of aromatic carboxylic acids is 1. The van der Waals surface area contributed by atoms with Crippen molar-refractivity contribution in [3.05, 3.63) is 150 Å². The lowest BCUT2D eigenvalue weighted by Gasteiger charge is -2.35. The first kappa shape index (κ1) is 53.3. The topological polar surface area (TPSA) is 260 Å². The quantitative estimate of drug-likeness (QED) is 0.0323. The van der Waals surface area contributed by atoms with Gasteiger partial charge in [0.05, 0.1) is 29.8 Å². The van der Waals surface area contributed by atoms with E-state index in [2.05, 4.69) is 56.2 Å². The predicted molar refractivity (Wildman–Crippen MR) is 282 cm³/mol. The van der Waals surface area contributed by atoms with E-state index in [1.165, 1.54) is 44.2 Å². The minimum absolute atomic E-state index is 0.0211. The molecule has 4 N–H and O–H groups in total. The van der Waals surface area contributed by atoms with Crippen molar-refractivity contribution in [2.45, 2.75) is 76.3 Å². The second-order valence-corrected chi connectivity index (χ2v) is 20.7. The number of carbonyl (C=O) groups is 4. The summed E-state index contributed by atoms with van der Waals surface area (Å²) in [5.41, 5.74) is 9.63. The van der Waals surface area contributed by atoms with E-state index in [1.807, 2.05) is 12.1 Å². The molecule has 4 aliphatic heterocycles. The highest BCUT2D eigenvalue weighted by molar-refractivity contribution is 7.52. The molecule has 12 rings (SSSR count). The van der Waals surface area contributed by atoms with E-state index < -0.39 is 25.4 Å². The van der Waals surface area contributed by atoms with Crippen molar-refractivity contribution in [2.24, 2.45) is 16.7 Å². The zero-order chi connectivity index (χ0) is 53.9. The highest BCUT2D eigenvalue weighted by Gasteiger charge is 2.41. The van der Waals surface area contributed by atoms with Crippen LogP contribution in [0, 0.1) is 29.0 Å². The molecule has 0 spiro atoms. The normalized spacial score (nSPS) is 17.1. The molecule has 0 unspecified atom stereocenters. The highest BCUT2D eigenvalue weighted by atomic mass is 31.2. The zero-order valence-corrected chi connectivity index (χ0v) is 42.7. The molecule has 2 aliphatic carbocycles. The number of hydrogen-bond acceptors (Lipinski definition) is 15. The van der Waals surface area contributed by atoms with Crippen LogP contribution in [0.3, 0.4) is 0 Å². The Morgan fingerprint density at radius 3 is 1.82 bits per heavy atom. The molecule has 4 fully saturated rings. The largest absolute Gasteiger partial charge is 0.640 e. The molecule has 2 saturated carbocycles. The van der Waals surface area contributed by atoms with Crippen LogP contribution < -0.4 is 39.3 Å². The van der Waals surface area contributed by atoms with Gasteiger partial charge in [-0.25, -0.2) is 42.9 Å². The molecular weight excluding hydrogens is 1010 g/mol. The monoisotopic (exact) mass is 1070 g/mol. The second-order valence-electron chi connectivity index (χ2n) is 19.2. The molecule has 20 nitrogen and oxygen atoms in total. The molecule has 4 bridgehead atoms. The van der Waals surface area contributed by atoms with Crippen LogP contribution in [0.2, 0.25) is 0 Å². The first-order valence-electron chi connectivity index (χ1n) is 25.4. The van der Waals surface area contributed by atoms with E-state index in [-0.39, 0.29) is 35.2 Å². The predicted octanol–water partition coefficient (Wildman–Crippen LogP) is 10.8. The summed E-state index contributed by atoms with van der Waals surface area (Å²) < 4.78 is 47.9. The molecule has 23 heteroatoms. The number of halogens is 2. The lowest BCUT2D eigenvalue weighted by Crippen LogP contribution is -2.48. The maximum absolute atomic E-state index is 13.1. The maximum Gasteiger partial charge on any atom is 0.640 e. The van der Waals surface area contributed by atoms with Gasteiger partial charge in [0.2, 0.25) is 4.91 Å². The van der Waals surface area contributed by atoms with E-state index in [0.29, 0.717) is 53.5 Å². The molecule has 2 saturated heterocycles. The Labute approximate surface area is 442 Å². The van der Waals surface area contributed by atoms with E-state index in [4.69, 9.17) is 19.7 Å². The number of nitrogens with zero attached hydrogens (tertiary/aromatic N) is 9. The van der Waals surface area contributed by atoms with Crippen molar-refractivity contribution < 1.29 is 46.7 Å². The molecule has 0 radical (unpaired) electrons. The Morgan fingerprint density at radius 2 is 1.26 bits per heavy atom. The Hall–Kier alpha value is -8.48. The van der Waals surface area contributed by atoms with Gasteiger partial charge in [0.25, 0.3) is 4.88 Å². The van der Waals surface area contributed by atoms with Crippen LogP contribution in [0.4, 0.5) is 42.4 Å². The van der Waals surface area contributed by atoms with Gasteiger partial charge in [-0.15, -0.1) is 0 Å². The van der Waals surface area contributed by atoms with Crippen molar-refractivity contribution in [2.75, 3.05) is 51.5 Å². The Morgan fingerprint density at radius 1 is 0.701 bits per heavy atom. The van der Waals surface area contributed by atoms with Gasteiger partial charge in [-0.2, -0.15) is 0 Å². The number of aromatic nitrogens is 4. The van der Waals surface area contributed by atoms with Crippen LogP contribution in [-0.4, -0.2) is 86.9 Å². The van der Waals surface area contributed by atoms with Gasteiger partial charge >= 0.3 is 19.7 Å². The summed E-state index contributed by atoms with van der Waals surface area (Å²) in [6, 6.07) is 29.5. The summed E-state index contributed by atoms with van der Waals surface area (Å²) >= 11 is 0. The minimum Gasteiger partial charge on any atom is -0.477 e. The lowest BCUT2D eigenvalue weighted by atomic mass is 10.1. The number of anilines is 5. The first-order chi connectivity index (χ1) is 37.3. The van der Waals surface area contributed by atoms with E-state index in [0.717, 1.165) is 93.1 Å². The van der Waals surface area contributed by atoms with Crippen molar-refractivity contribution in [3.8, 4) is 11.5 Å². The summed E-state index contributed by atoms with van der Waals surface area (Å²) in [6.07, 6.45) is 12.1. The molecule has 2 atom stereocenters. The van der Waals surface area contributed by atoms with Crippen LogP contribution in [0.15, 0.2) is 126 Å². The SMILES string of the molecule is N=[N+]=NP(=O)(Oc1ccccc1)Oc1ccccc1.O=C(CCC1CC1)c1ccc2c(n1)N(C(=O)Nc1ccc(F)cn1)[C@H]1CCN2C1.O=C(CCC1CC1)c1ccc2c(n1)N[C@H]1CCN2C1.O=C(O)c1ccc(F)cn1. The molecule has 2 amide bonds. The number of amides is 2. The van der Waals surface area contributed by atoms with E-state index >= 15 is 0 Å². The smallest absolute Gasteiger partial charge is 0.477 e. The highest BCUT2D eigenvalue weighted by Crippen LogP contribution is 2.49. The molecular formula is C54H56F2N12O8P+. The summed E-state index contributed by atoms with van der Waals surface area (Å²) in [5, 5.41) is 14.5. The molecule has 6 aliphatic rings. The summed E-state index contributed by atoms with van der Waals surface area (Å²) in [6.45, 7) is 3.74. The molecule has 8 heterocycles. The number of para-hydroxylation sites is 2. The third-order valence-electron chi connectivity index (χ3n) is 13.4. The number of carbonyl (C=O) groups excluding carboxylic acids is 3. The minimum atomic E-state index is -3.89. The van der Waals surface area contributed by atoms with Crippen LogP contribution in [0.5, 0.6) is 11.5 Å².